The summed E-state index contributed by atoms with van der Waals surface area (Å²) in [5.74, 6) is -0.694. The Hall–Kier alpha value is -0.670. The number of rotatable bonds is 1. The molecule has 4 heteroatoms. The number of alkyl halides is 2. The molecule has 1 saturated heterocycles. The van der Waals surface area contributed by atoms with Gasteiger partial charge < -0.3 is 4.90 Å². The fourth-order valence-corrected chi connectivity index (χ4v) is 0.929. The van der Waals surface area contributed by atoms with Crippen molar-refractivity contribution in [2.45, 2.75) is 13.3 Å². The summed E-state index contributed by atoms with van der Waals surface area (Å²) in [5.41, 5.74) is 0. The van der Waals surface area contributed by atoms with Crippen LogP contribution in [-0.4, -0.2) is 30.3 Å². The highest BCUT2D eigenvalue weighted by Gasteiger charge is 2.34. The maximum absolute atomic E-state index is 11.8. The predicted octanol–water partition coefficient (Wildman–Crippen LogP) is 0.730. The topological polar surface area (TPSA) is 20.3 Å². The van der Waals surface area contributed by atoms with Gasteiger partial charge in [0.1, 0.15) is 0 Å². The molecule has 2 nitrogen and oxygen atoms in total. The van der Waals surface area contributed by atoms with Crippen molar-refractivity contribution < 1.29 is 13.6 Å². The van der Waals surface area contributed by atoms with E-state index in [4.69, 9.17) is 0 Å². The van der Waals surface area contributed by atoms with E-state index in [1.165, 1.54) is 11.8 Å². The molecule has 0 spiro atoms. The fourth-order valence-electron chi connectivity index (χ4n) is 0.929. The average Bonchev–Trinajstić information content (AvgIpc) is 1.56. The molecule has 1 heterocycles. The molecule has 0 aromatic carbocycles. The van der Waals surface area contributed by atoms with E-state index in [1.54, 1.807) is 0 Å². The molecule has 0 unspecified atom stereocenters. The molecule has 1 fully saturated rings. The summed E-state index contributed by atoms with van der Waals surface area (Å²) in [6, 6.07) is 0. The zero-order valence-electron chi connectivity index (χ0n) is 5.68. The average molecular weight is 149 g/mol. The van der Waals surface area contributed by atoms with Crippen molar-refractivity contribution in [1.82, 2.24) is 4.90 Å². The minimum absolute atomic E-state index is 0.114. The Labute approximate surface area is 57.8 Å². The third-order valence-corrected chi connectivity index (χ3v) is 1.71. The lowest BCUT2D eigenvalue weighted by Crippen LogP contribution is -2.51. The molecular formula is C6H9F2NO. The molecule has 0 aromatic heterocycles. The second-order valence-electron chi connectivity index (χ2n) is 2.52. The summed E-state index contributed by atoms with van der Waals surface area (Å²) in [7, 11) is 0. The molecule has 0 saturated carbocycles. The second kappa shape index (κ2) is 2.52. The van der Waals surface area contributed by atoms with Crippen LogP contribution in [0, 0.1) is 5.92 Å². The highest BCUT2D eigenvalue weighted by Crippen LogP contribution is 2.21. The minimum atomic E-state index is -2.27. The Bertz CT molecular complexity index is 143. The predicted molar refractivity (Wildman–Crippen MR) is 31.7 cm³/mol. The van der Waals surface area contributed by atoms with Crippen LogP contribution < -0.4 is 0 Å². The normalized spacial score (nSPS) is 19.4. The first-order valence-electron chi connectivity index (χ1n) is 3.15. The van der Waals surface area contributed by atoms with Gasteiger partial charge in [-0.05, 0) is 0 Å². The fraction of sp³-hybridized carbons (Fsp3) is 0.833. The number of likely N-dealkylation sites (tertiary alicyclic amines) is 1. The van der Waals surface area contributed by atoms with E-state index < -0.39 is 12.3 Å². The van der Waals surface area contributed by atoms with E-state index in [-0.39, 0.29) is 19.0 Å². The van der Waals surface area contributed by atoms with E-state index in [9.17, 15) is 13.6 Å². The first-order valence-corrected chi connectivity index (χ1v) is 3.15. The van der Waals surface area contributed by atoms with Gasteiger partial charge in [-0.15, -0.1) is 0 Å². The number of carbonyl (C=O) groups excluding carboxylic acids is 1. The number of carbonyl (C=O) groups is 1. The first-order chi connectivity index (χ1) is 4.61. The Morgan fingerprint density at radius 1 is 1.60 bits per heavy atom. The Morgan fingerprint density at radius 2 is 2.10 bits per heavy atom. The van der Waals surface area contributed by atoms with E-state index in [1.807, 2.05) is 0 Å². The number of halogens is 2. The molecule has 1 amide bonds. The number of hydrogen-bond donors (Lipinski definition) is 0. The van der Waals surface area contributed by atoms with Crippen molar-refractivity contribution in [2.75, 3.05) is 13.1 Å². The summed E-state index contributed by atoms with van der Waals surface area (Å²) in [6.45, 7) is 1.85. The van der Waals surface area contributed by atoms with Crippen molar-refractivity contribution in [3.63, 3.8) is 0 Å². The largest absolute Gasteiger partial charge is 0.342 e. The lowest BCUT2D eigenvalue weighted by molar-refractivity contribution is -0.139. The summed E-state index contributed by atoms with van der Waals surface area (Å²) in [5, 5.41) is 0. The summed E-state index contributed by atoms with van der Waals surface area (Å²) < 4.78 is 23.6. The molecule has 0 N–H and O–H groups in total. The summed E-state index contributed by atoms with van der Waals surface area (Å²) in [4.78, 5) is 11.9. The van der Waals surface area contributed by atoms with Gasteiger partial charge >= 0.3 is 0 Å². The number of hydrogen-bond acceptors (Lipinski definition) is 1. The maximum atomic E-state index is 11.8. The van der Waals surface area contributed by atoms with Crippen molar-refractivity contribution in [3.8, 4) is 0 Å². The lowest BCUT2D eigenvalue weighted by Gasteiger charge is -2.37. The zero-order valence-corrected chi connectivity index (χ0v) is 5.68. The monoisotopic (exact) mass is 149 g/mol. The van der Waals surface area contributed by atoms with Crippen LogP contribution in [0.25, 0.3) is 0 Å². The van der Waals surface area contributed by atoms with Crippen molar-refractivity contribution in [3.05, 3.63) is 0 Å². The van der Waals surface area contributed by atoms with Crippen LogP contribution in [0.2, 0.25) is 0 Å². The lowest BCUT2D eigenvalue weighted by atomic mass is 10.0. The molecule has 10 heavy (non-hydrogen) atoms. The SMILES string of the molecule is CC(=O)N1CC(C(F)F)C1. The molecule has 58 valence electrons. The van der Waals surface area contributed by atoms with Gasteiger partial charge in [-0.2, -0.15) is 0 Å². The Kier molecular flexibility index (Phi) is 1.87. The van der Waals surface area contributed by atoms with Crippen molar-refractivity contribution in [2.24, 2.45) is 5.92 Å². The van der Waals surface area contributed by atoms with Crippen LogP contribution in [0.1, 0.15) is 6.92 Å². The molecule has 1 aliphatic rings. The van der Waals surface area contributed by atoms with Gasteiger partial charge in [0.05, 0.1) is 5.92 Å². The molecule has 0 radical (unpaired) electrons. The Balaban J connectivity index is 2.24. The molecule has 0 bridgehead atoms. The smallest absolute Gasteiger partial charge is 0.244 e. The summed E-state index contributed by atoms with van der Waals surface area (Å²) >= 11 is 0. The van der Waals surface area contributed by atoms with Gasteiger partial charge in [0.25, 0.3) is 0 Å². The van der Waals surface area contributed by atoms with Gasteiger partial charge in [0.15, 0.2) is 0 Å². The van der Waals surface area contributed by atoms with E-state index in [0.717, 1.165) is 0 Å². The van der Waals surface area contributed by atoms with Gasteiger partial charge in [0.2, 0.25) is 12.3 Å². The second-order valence-corrected chi connectivity index (χ2v) is 2.52. The van der Waals surface area contributed by atoms with Crippen molar-refractivity contribution in [1.29, 1.82) is 0 Å². The quantitative estimate of drug-likeness (QED) is 0.538. The standard InChI is InChI=1S/C6H9F2NO/c1-4(10)9-2-5(3-9)6(7)8/h5-6H,2-3H2,1H3. The minimum Gasteiger partial charge on any atom is -0.342 e. The van der Waals surface area contributed by atoms with E-state index in [0.29, 0.717) is 0 Å². The molecule has 0 aromatic rings. The molecular weight excluding hydrogens is 140 g/mol. The van der Waals surface area contributed by atoms with Gasteiger partial charge in [-0.1, -0.05) is 0 Å². The highest BCUT2D eigenvalue weighted by molar-refractivity contribution is 5.74. The van der Waals surface area contributed by atoms with Crippen LogP contribution in [0.3, 0.4) is 0 Å². The van der Waals surface area contributed by atoms with E-state index >= 15 is 0 Å². The molecule has 1 rings (SSSR count). The zero-order chi connectivity index (χ0) is 7.72. The maximum Gasteiger partial charge on any atom is 0.244 e. The van der Waals surface area contributed by atoms with Gasteiger partial charge in [-0.3, -0.25) is 4.79 Å². The molecule has 0 atom stereocenters. The number of amides is 1. The van der Waals surface area contributed by atoms with Crippen LogP contribution >= 0.6 is 0 Å². The van der Waals surface area contributed by atoms with Crippen LogP contribution in [0.5, 0.6) is 0 Å². The van der Waals surface area contributed by atoms with Gasteiger partial charge in [0, 0.05) is 20.0 Å². The van der Waals surface area contributed by atoms with E-state index in [2.05, 4.69) is 0 Å². The van der Waals surface area contributed by atoms with Crippen LogP contribution in [0.4, 0.5) is 8.78 Å². The first kappa shape index (κ1) is 7.44. The van der Waals surface area contributed by atoms with Crippen molar-refractivity contribution >= 4 is 5.91 Å². The van der Waals surface area contributed by atoms with Crippen LogP contribution in [0.15, 0.2) is 0 Å². The third-order valence-electron chi connectivity index (χ3n) is 1.71. The third kappa shape index (κ3) is 1.25. The Morgan fingerprint density at radius 3 is 2.40 bits per heavy atom. The molecule has 1 aliphatic heterocycles. The number of nitrogens with zero attached hydrogens (tertiary/aromatic N) is 1. The molecule has 0 aliphatic carbocycles. The van der Waals surface area contributed by atoms with Crippen LogP contribution in [-0.2, 0) is 4.79 Å². The highest BCUT2D eigenvalue weighted by atomic mass is 19.3. The summed E-state index contributed by atoms with van der Waals surface area (Å²) in [6.07, 6.45) is -2.27. The van der Waals surface area contributed by atoms with Gasteiger partial charge in [-0.25, -0.2) is 8.78 Å².